The van der Waals surface area contributed by atoms with Crippen molar-refractivity contribution in [3.63, 3.8) is 0 Å². The summed E-state index contributed by atoms with van der Waals surface area (Å²) in [6.45, 7) is 7.59. The van der Waals surface area contributed by atoms with Crippen LogP contribution in [0.1, 0.15) is 43.0 Å². The summed E-state index contributed by atoms with van der Waals surface area (Å²) >= 11 is 0. The van der Waals surface area contributed by atoms with Gasteiger partial charge in [0.1, 0.15) is 0 Å². The number of halogens is 1. The second-order valence-corrected chi connectivity index (χ2v) is 4.85. The van der Waals surface area contributed by atoms with Crippen LogP contribution in [0.25, 0.3) is 0 Å². The zero-order valence-electron chi connectivity index (χ0n) is 13.5. The molecule has 0 unspecified atom stereocenters. The molecule has 3 N–H and O–H groups in total. The molecule has 0 saturated carbocycles. The minimum atomic E-state index is 0. The van der Waals surface area contributed by atoms with Gasteiger partial charge < -0.3 is 18.1 Å². The van der Waals surface area contributed by atoms with E-state index in [2.05, 4.69) is 56.8 Å². The first kappa shape index (κ1) is 19.7. The van der Waals surface area contributed by atoms with Gasteiger partial charge in [0.15, 0.2) is 0 Å². The van der Waals surface area contributed by atoms with Crippen molar-refractivity contribution >= 4 is 0 Å². The summed E-state index contributed by atoms with van der Waals surface area (Å²) in [5.74, 6) is 0. The third kappa shape index (κ3) is 6.33. The molecule has 0 aliphatic heterocycles. The molecule has 1 nitrogen and oxygen atoms in total. The maximum absolute atomic E-state index is 3.76. The molecule has 0 aliphatic carbocycles. The number of aryl methyl sites for hydroxylation is 2. The summed E-state index contributed by atoms with van der Waals surface area (Å²) < 4.78 is 0. The predicted octanol–water partition coefficient (Wildman–Crippen LogP) is 0.806. The summed E-state index contributed by atoms with van der Waals surface area (Å²) in [6, 6.07) is 16.9. The van der Waals surface area contributed by atoms with Gasteiger partial charge in [-0.05, 0) is 36.0 Å². The number of hydrogen-bond donors (Lipinski definition) is 1. The Bertz CT molecular complexity index is 472. The fourth-order valence-corrected chi connectivity index (χ4v) is 2.45. The van der Waals surface area contributed by atoms with Gasteiger partial charge in [-0.25, -0.2) is 0 Å². The zero-order chi connectivity index (χ0) is 14.8. The van der Waals surface area contributed by atoms with E-state index in [1.807, 2.05) is 18.2 Å². The largest absolute Gasteiger partial charge is 1.00 e. The van der Waals surface area contributed by atoms with Crippen LogP contribution < -0.4 is 18.1 Å². The first-order valence-corrected chi connectivity index (χ1v) is 7.69. The molecule has 0 spiro atoms. The molecule has 0 heterocycles. The van der Waals surface area contributed by atoms with Crippen LogP contribution in [0.2, 0.25) is 0 Å². The van der Waals surface area contributed by atoms with E-state index >= 15 is 0 Å². The molecule has 2 heteroatoms. The summed E-state index contributed by atoms with van der Waals surface area (Å²) in [4.78, 5) is 0. The first-order chi connectivity index (χ1) is 9.76. The number of quaternary nitrogens is 1. The van der Waals surface area contributed by atoms with E-state index in [0.29, 0.717) is 0 Å². The van der Waals surface area contributed by atoms with Crippen molar-refractivity contribution < 1.29 is 18.1 Å². The normalized spacial score (nSPS) is 9.33. The lowest BCUT2D eigenvalue weighted by Gasteiger charge is -2.10. The topological polar surface area (TPSA) is 27.6 Å². The molecule has 116 valence electrons. The lowest BCUT2D eigenvalue weighted by molar-refractivity contribution is -0.386. The van der Waals surface area contributed by atoms with E-state index in [9.17, 15) is 0 Å². The number of benzene rings is 2. The summed E-state index contributed by atoms with van der Waals surface area (Å²) in [7, 11) is 0. The van der Waals surface area contributed by atoms with Crippen LogP contribution in [0.15, 0.2) is 48.5 Å². The molecule has 0 radical (unpaired) electrons. The minimum absolute atomic E-state index is 0. The van der Waals surface area contributed by atoms with Crippen molar-refractivity contribution in [1.29, 1.82) is 0 Å². The van der Waals surface area contributed by atoms with Crippen LogP contribution in [0.3, 0.4) is 0 Å². The van der Waals surface area contributed by atoms with Crippen molar-refractivity contribution in [2.75, 3.05) is 0 Å². The monoisotopic (exact) mass is 305 g/mol. The predicted molar refractivity (Wildman–Crippen MR) is 87.6 cm³/mol. The van der Waals surface area contributed by atoms with Gasteiger partial charge in [-0.15, -0.1) is 0 Å². The quantitative estimate of drug-likeness (QED) is 0.866. The molecule has 0 amide bonds. The Balaban J connectivity index is 0.000000390. The Morgan fingerprint density at radius 1 is 0.714 bits per heavy atom. The van der Waals surface area contributed by atoms with Gasteiger partial charge in [0, 0.05) is 5.56 Å². The second kappa shape index (κ2) is 11.4. The van der Waals surface area contributed by atoms with Crippen molar-refractivity contribution in [2.45, 2.75) is 46.6 Å². The molecule has 2 aromatic carbocycles. The minimum Gasteiger partial charge on any atom is -1.00 e. The summed E-state index contributed by atoms with van der Waals surface area (Å²) in [5, 5.41) is 0. The average Bonchev–Trinajstić information content (AvgIpc) is 2.55. The van der Waals surface area contributed by atoms with Crippen LogP contribution in [0.4, 0.5) is 0 Å². The molecule has 0 saturated heterocycles. The van der Waals surface area contributed by atoms with E-state index in [4.69, 9.17) is 0 Å². The van der Waals surface area contributed by atoms with Crippen LogP contribution in [-0.4, -0.2) is 0 Å². The van der Waals surface area contributed by atoms with Gasteiger partial charge in [-0.2, -0.15) is 0 Å². The van der Waals surface area contributed by atoms with Gasteiger partial charge in [-0.3, -0.25) is 0 Å². The highest BCUT2D eigenvalue weighted by Gasteiger charge is 2.02. The van der Waals surface area contributed by atoms with Crippen molar-refractivity contribution in [2.24, 2.45) is 0 Å². The van der Waals surface area contributed by atoms with E-state index in [1.54, 1.807) is 5.56 Å². The molecule has 0 bridgehead atoms. The van der Waals surface area contributed by atoms with E-state index in [0.717, 1.165) is 19.4 Å². The molecular weight excluding hydrogens is 278 g/mol. The van der Waals surface area contributed by atoms with E-state index < -0.39 is 0 Å². The third-order valence-corrected chi connectivity index (χ3v) is 3.62. The van der Waals surface area contributed by atoms with Gasteiger partial charge >= 0.3 is 0 Å². The lowest BCUT2D eigenvalue weighted by atomic mass is 9.96. The highest BCUT2D eigenvalue weighted by Crippen LogP contribution is 2.16. The Morgan fingerprint density at radius 3 is 1.57 bits per heavy atom. The molecule has 0 atom stereocenters. The molecule has 0 aliphatic rings. The van der Waals surface area contributed by atoms with Gasteiger partial charge in [0.25, 0.3) is 0 Å². The standard InChI is InChI=1S/C12H18.C7H9N.ClH/c1-4-10-8-7-9-11(5-2)12(10)6-3;8-6-7-4-2-1-3-5-7;/h7-9H,4-6H2,1-3H3;1-5H,6,8H2;1H. The number of hydrogen-bond acceptors (Lipinski definition) is 0. The van der Waals surface area contributed by atoms with Crippen molar-refractivity contribution in [3.8, 4) is 0 Å². The zero-order valence-corrected chi connectivity index (χ0v) is 14.3. The van der Waals surface area contributed by atoms with Gasteiger partial charge in [0.05, 0.1) is 6.54 Å². The third-order valence-electron chi connectivity index (χ3n) is 3.62. The fraction of sp³-hybridized carbons (Fsp3) is 0.368. The maximum atomic E-state index is 3.76. The van der Waals surface area contributed by atoms with Crippen molar-refractivity contribution in [1.82, 2.24) is 0 Å². The average molecular weight is 306 g/mol. The number of rotatable bonds is 4. The molecular formula is C19H28ClN. The highest BCUT2D eigenvalue weighted by molar-refractivity contribution is 5.35. The molecule has 2 rings (SSSR count). The fourth-order valence-electron chi connectivity index (χ4n) is 2.45. The van der Waals surface area contributed by atoms with Crippen LogP contribution >= 0.6 is 0 Å². The molecule has 21 heavy (non-hydrogen) atoms. The Morgan fingerprint density at radius 2 is 1.24 bits per heavy atom. The van der Waals surface area contributed by atoms with Crippen LogP contribution in [0, 0.1) is 0 Å². The second-order valence-electron chi connectivity index (χ2n) is 4.85. The van der Waals surface area contributed by atoms with E-state index in [1.165, 1.54) is 23.1 Å². The van der Waals surface area contributed by atoms with Gasteiger partial charge in [0.2, 0.25) is 0 Å². The highest BCUT2D eigenvalue weighted by atomic mass is 35.5. The smallest absolute Gasteiger partial charge is 0.0997 e. The Labute approximate surface area is 136 Å². The first-order valence-electron chi connectivity index (χ1n) is 7.69. The lowest BCUT2D eigenvalue weighted by Crippen LogP contribution is -3.00. The Hall–Kier alpha value is -1.31. The van der Waals surface area contributed by atoms with Crippen LogP contribution in [-0.2, 0) is 25.8 Å². The van der Waals surface area contributed by atoms with Crippen molar-refractivity contribution in [3.05, 3.63) is 70.8 Å². The molecule has 0 aromatic heterocycles. The maximum Gasteiger partial charge on any atom is 0.0997 e. The SMILES string of the molecule is CCc1cccc(CC)c1CC.[Cl-].[NH3+]Cc1ccccc1. The van der Waals surface area contributed by atoms with Gasteiger partial charge in [-0.1, -0.05) is 69.3 Å². The summed E-state index contributed by atoms with van der Waals surface area (Å²) in [5.41, 5.74) is 9.68. The Kier molecular flexibility index (Phi) is 10.7. The molecule has 0 fully saturated rings. The van der Waals surface area contributed by atoms with Crippen LogP contribution in [0.5, 0.6) is 0 Å². The summed E-state index contributed by atoms with van der Waals surface area (Å²) in [6.07, 6.45) is 3.50. The van der Waals surface area contributed by atoms with E-state index in [-0.39, 0.29) is 12.4 Å². The molecule has 2 aromatic rings.